The summed E-state index contributed by atoms with van der Waals surface area (Å²) in [5, 5.41) is 0. The van der Waals surface area contributed by atoms with E-state index in [1.165, 1.54) is 0 Å². The van der Waals surface area contributed by atoms with Crippen molar-refractivity contribution in [3.05, 3.63) is 0 Å². The monoisotopic (exact) mass is 549 g/mol. The molecule has 0 aromatic rings. The average Bonchev–Trinajstić information content (AvgIpc) is 2.67. The normalized spacial score (nSPS) is 12.0. The lowest BCUT2D eigenvalue weighted by molar-refractivity contribution is -0.870. The molecular formula is C24H68N8O4+4. The Labute approximate surface area is 224 Å². The molecular weight excluding hydrogens is 480 g/mol. The van der Waals surface area contributed by atoms with Crippen LogP contribution in [0.2, 0.25) is 0 Å². The highest BCUT2D eigenvalue weighted by atomic mass is 16.8. The third-order valence-electron chi connectivity index (χ3n) is 4.36. The second kappa shape index (κ2) is 24.8. The van der Waals surface area contributed by atoms with Gasteiger partial charge in [-0.15, -0.1) is 0 Å². The Morgan fingerprint density at radius 2 is 0.472 bits per heavy atom. The van der Waals surface area contributed by atoms with Gasteiger partial charge in [-0.3, -0.25) is 0 Å². The molecule has 12 heteroatoms. The van der Waals surface area contributed by atoms with Gasteiger partial charge < -0.3 is 37.3 Å². The topological polar surface area (TPSA) is 141 Å². The predicted octanol–water partition coefficient (Wildman–Crippen LogP) is -0.108. The van der Waals surface area contributed by atoms with Crippen LogP contribution in [-0.4, -0.2) is 155 Å². The van der Waals surface area contributed by atoms with E-state index in [4.69, 9.17) is 23.6 Å². The molecule has 224 valence electrons. The van der Waals surface area contributed by atoms with Gasteiger partial charge in [-0.1, -0.05) is 0 Å². The third-order valence-corrected chi connectivity index (χ3v) is 4.36. The predicted molar refractivity (Wildman–Crippen MR) is 151 cm³/mol. The Morgan fingerprint density at radius 1 is 0.333 bits per heavy atom. The Bertz CT molecular complexity index is 352. The van der Waals surface area contributed by atoms with Crippen molar-refractivity contribution in [1.29, 1.82) is 0 Å². The fourth-order valence-corrected chi connectivity index (χ4v) is 2.49. The molecule has 8 N–H and O–H groups in total. The fraction of sp³-hybridized carbons (Fsp3) is 1.00. The van der Waals surface area contributed by atoms with Crippen LogP contribution >= 0.6 is 0 Å². The smallest absolute Gasteiger partial charge is 0.0803 e. The zero-order chi connectivity index (χ0) is 29.3. The van der Waals surface area contributed by atoms with Gasteiger partial charge >= 0.3 is 0 Å². The summed E-state index contributed by atoms with van der Waals surface area (Å²) in [5.74, 6) is 19.4. The Hall–Kier alpha value is -0.480. The Morgan fingerprint density at radius 3 is 0.556 bits per heavy atom. The third kappa shape index (κ3) is 64.1. The van der Waals surface area contributed by atoms with E-state index in [0.29, 0.717) is 26.4 Å². The van der Waals surface area contributed by atoms with E-state index in [-0.39, 0.29) is 0 Å². The van der Waals surface area contributed by atoms with E-state index in [1.807, 2.05) is 0 Å². The molecule has 0 bridgehead atoms. The largest absolute Gasteiger partial charge is 0.331 e. The molecule has 0 saturated carbocycles. The van der Waals surface area contributed by atoms with Crippen LogP contribution in [0, 0.1) is 0 Å². The van der Waals surface area contributed by atoms with Crippen LogP contribution in [0.4, 0.5) is 0 Å². The van der Waals surface area contributed by atoms with Crippen molar-refractivity contribution in [3.63, 3.8) is 0 Å². The van der Waals surface area contributed by atoms with Crippen LogP contribution in [0.25, 0.3) is 0 Å². The lowest BCUT2D eigenvalue weighted by Crippen LogP contribution is -2.35. The van der Waals surface area contributed by atoms with Crippen molar-refractivity contribution in [2.45, 2.75) is 25.7 Å². The van der Waals surface area contributed by atoms with Crippen LogP contribution < -0.4 is 23.6 Å². The lowest BCUT2D eigenvalue weighted by Gasteiger charge is -2.23. The molecule has 0 radical (unpaired) electrons. The molecule has 0 heterocycles. The van der Waals surface area contributed by atoms with E-state index >= 15 is 0 Å². The van der Waals surface area contributed by atoms with Crippen molar-refractivity contribution < 1.29 is 37.3 Å². The van der Waals surface area contributed by atoms with Gasteiger partial charge in [-0.2, -0.15) is 0 Å². The molecule has 0 unspecified atom stereocenters. The van der Waals surface area contributed by atoms with E-state index in [9.17, 15) is 0 Å². The number of hydrogen-bond donors (Lipinski definition) is 4. The molecule has 0 aliphatic heterocycles. The first-order chi connectivity index (χ1) is 16.2. The number of rotatable bonds is 16. The maximum Gasteiger partial charge on any atom is 0.0803 e. The highest BCUT2D eigenvalue weighted by Crippen LogP contribution is 1.94. The summed E-state index contributed by atoms with van der Waals surface area (Å²) in [6, 6.07) is 0. The van der Waals surface area contributed by atoms with E-state index in [0.717, 1.165) is 69.8 Å². The molecule has 0 fully saturated rings. The first kappa shape index (κ1) is 42.6. The highest BCUT2D eigenvalue weighted by Gasteiger charge is 2.06. The van der Waals surface area contributed by atoms with Crippen LogP contribution in [0.1, 0.15) is 25.7 Å². The van der Waals surface area contributed by atoms with Gasteiger partial charge in [0.2, 0.25) is 0 Å². The summed E-state index contributed by atoms with van der Waals surface area (Å²) < 4.78 is 3.90. The maximum atomic E-state index is 4.85. The SMILES string of the molecule is C[N+](C)(C)[13CH2][13CH2][13CH2]O[15NH2].C[N+](C)([13CH3])[13CH2][13CH2][13CH2]ON.C[N+]([13CH3])([13CH3])[13CH2][13CH2]CON.[13CH3][N+]([13CH3])([13CH3])[13CH2]CCON. The van der Waals surface area contributed by atoms with Crippen LogP contribution in [0.15, 0.2) is 0 Å². The average molecular weight is 549 g/mol. The standard InChI is InChI=1S/4C6H17N2O/c4*1-8(2,3)5-4-6-9-7/h4*4-7H2,1-3H3/q4*+1/i4+1,5+1,6+1,7+1;1+1,4+1,5+1,6+1;1+1,2+1,4+1,5+1;1+1,2+1,3+1,5+1. The Balaban J connectivity index is -0.000000190. The minimum absolute atomic E-state index is 0.662. The van der Waals surface area contributed by atoms with Crippen LogP contribution in [0.3, 0.4) is 0 Å². The molecule has 0 amide bonds. The minimum atomic E-state index is 0.662. The van der Waals surface area contributed by atoms with E-state index in [2.05, 4.69) is 104 Å². The van der Waals surface area contributed by atoms with Crippen molar-refractivity contribution in [1.82, 2.24) is 0 Å². The number of hydrogen-bond acceptors (Lipinski definition) is 8. The van der Waals surface area contributed by atoms with Gasteiger partial charge in [0.1, 0.15) is 0 Å². The first-order valence-corrected chi connectivity index (χ1v) is 12.7. The quantitative estimate of drug-likeness (QED) is 0.0689. The molecule has 0 atom stereocenters. The van der Waals surface area contributed by atoms with Gasteiger partial charge in [-0.05, 0) is 0 Å². The molecule has 12 nitrogen and oxygen atoms in total. The van der Waals surface area contributed by atoms with Gasteiger partial charge in [-0.25, -0.2) is 23.6 Å². The summed E-state index contributed by atoms with van der Waals surface area (Å²) in [4.78, 5) is 17.7. The summed E-state index contributed by atoms with van der Waals surface area (Å²) in [5.41, 5.74) is 0. The number of quaternary nitrogens is 4. The second-order valence-electron chi connectivity index (χ2n) is 13.0. The molecule has 0 aliphatic rings. The molecule has 0 aliphatic carbocycles. The van der Waals surface area contributed by atoms with Gasteiger partial charge in [0.25, 0.3) is 0 Å². The summed E-state index contributed by atoms with van der Waals surface area (Å²) in [6.07, 6.45) is 4.11. The fourth-order valence-electron chi connectivity index (χ4n) is 2.49. The molecule has 0 spiro atoms. The summed E-state index contributed by atoms with van der Waals surface area (Å²) >= 11 is 0. The van der Waals surface area contributed by atoms with Gasteiger partial charge in [0, 0.05) is 25.7 Å². The second-order valence-corrected chi connectivity index (χ2v) is 13.0. The Kier molecular flexibility index (Phi) is 29.4. The minimum Gasteiger partial charge on any atom is -0.331 e. The van der Waals surface area contributed by atoms with Crippen LogP contribution in [-0.2, 0) is 19.4 Å². The zero-order valence-corrected chi connectivity index (χ0v) is 26.2. The maximum absolute atomic E-state index is 4.85. The van der Waals surface area contributed by atoms with Crippen molar-refractivity contribution in [3.8, 4) is 0 Å². The van der Waals surface area contributed by atoms with Crippen molar-refractivity contribution in [2.75, 3.05) is 137 Å². The van der Waals surface area contributed by atoms with E-state index < -0.39 is 0 Å². The lowest BCUT2D eigenvalue weighted by atomic mass is 10.6. The van der Waals surface area contributed by atoms with E-state index in [1.54, 1.807) is 0 Å². The van der Waals surface area contributed by atoms with Crippen LogP contribution in [0.5, 0.6) is 0 Å². The summed E-state index contributed by atoms with van der Waals surface area (Å²) in [7, 11) is 25.8. The first-order valence-electron chi connectivity index (χ1n) is 12.7. The molecule has 0 aromatic carbocycles. The van der Waals surface area contributed by atoms with Gasteiger partial charge in [0.05, 0.1) is 137 Å². The highest BCUT2D eigenvalue weighted by molar-refractivity contribution is 4.32. The zero-order valence-electron chi connectivity index (χ0n) is 26.2. The molecule has 0 aromatic heterocycles. The van der Waals surface area contributed by atoms with Gasteiger partial charge in [0.15, 0.2) is 0 Å². The molecule has 0 rings (SSSR count). The molecule has 0 saturated heterocycles. The molecule has 36 heavy (non-hydrogen) atoms. The van der Waals surface area contributed by atoms with Crippen molar-refractivity contribution in [2.24, 2.45) is 23.6 Å². The number of nitrogens with two attached hydrogens (primary N) is 4. The number of nitrogens with zero attached hydrogens (tertiary/aromatic N) is 4. The summed E-state index contributed by atoms with van der Waals surface area (Å²) in [6.45, 7) is 7.08. The van der Waals surface area contributed by atoms with Crippen molar-refractivity contribution >= 4 is 0 Å².